The number of hydrogen-bond donors (Lipinski definition) is 2. The number of rotatable bonds is 6. The van der Waals surface area contributed by atoms with E-state index in [2.05, 4.69) is 10.4 Å². The lowest BCUT2D eigenvalue weighted by molar-refractivity contribution is -0.646. The van der Waals surface area contributed by atoms with Gasteiger partial charge in [0, 0.05) is 48.1 Å². The minimum absolute atomic E-state index is 0.141. The first-order valence-electron chi connectivity index (χ1n) is 11.3. The molecule has 3 aliphatic rings. The topological polar surface area (TPSA) is 115 Å². The van der Waals surface area contributed by atoms with Crippen LogP contribution in [0.4, 0.5) is 27.6 Å². The molecule has 196 valence electrons. The average Bonchev–Trinajstić information content (AvgIpc) is 3.63. The summed E-state index contributed by atoms with van der Waals surface area (Å²) in [4.78, 5) is 13.3. The van der Waals surface area contributed by atoms with Gasteiger partial charge in [0.1, 0.15) is 21.0 Å². The van der Waals surface area contributed by atoms with E-state index in [0.717, 1.165) is 29.3 Å². The zero-order valence-corrected chi connectivity index (χ0v) is 20.2. The summed E-state index contributed by atoms with van der Waals surface area (Å²) in [6.45, 7) is 1.31. The van der Waals surface area contributed by atoms with E-state index in [4.69, 9.17) is 4.78 Å². The maximum absolute atomic E-state index is 14.3. The van der Waals surface area contributed by atoms with Gasteiger partial charge < -0.3 is 10.5 Å². The van der Waals surface area contributed by atoms with Gasteiger partial charge in [-0.3, -0.25) is 9.48 Å². The van der Waals surface area contributed by atoms with E-state index in [1.54, 1.807) is 6.92 Å². The van der Waals surface area contributed by atoms with Crippen molar-refractivity contribution in [2.24, 2.45) is 10.8 Å². The molecule has 3 aliphatic carbocycles. The molecule has 14 heteroatoms. The van der Waals surface area contributed by atoms with Gasteiger partial charge in [-0.1, -0.05) is 6.92 Å². The molecule has 2 aromatic heterocycles. The molecule has 2 atom stereocenters. The van der Waals surface area contributed by atoms with E-state index >= 15 is 0 Å². The highest BCUT2D eigenvalue weighted by Gasteiger charge is 2.80. The highest BCUT2D eigenvalue weighted by atomic mass is 32.2. The molecule has 2 aromatic rings. The van der Waals surface area contributed by atoms with Gasteiger partial charge in [0.15, 0.2) is 6.20 Å². The zero-order valence-electron chi connectivity index (χ0n) is 19.4. The molecule has 0 saturated heterocycles. The maximum Gasteiger partial charge on any atom is 0.420 e. The SMILES string of the molecule is CC1(Cn2nc(C3CC3)c(C(F)(F)F)c2C(=O)Nc2cc[n+]([O-])c(S(C)(=N)=O)c2)CC(F)(F)C12CC2. The van der Waals surface area contributed by atoms with Gasteiger partial charge in [-0.15, -0.1) is 0 Å². The van der Waals surface area contributed by atoms with Gasteiger partial charge in [-0.05, 0) is 25.7 Å². The summed E-state index contributed by atoms with van der Waals surface area (Å²) < 4.78 is 92.2. The molecule has 8 nitrogen and oxygen atoms in total. The maximum atomic E-state index is 14.3. The molecule has 2 unspecified atom stereocenters. The van der Waals surface area contributed by atoms with Crippen LogP contribution in [0, 0.1) is 20.8 Å². The lowest BCUT2D eigenvalue weighted by atomic mass is 9.55. The standard InChI is InChI=1S/C22H24F5N5O3S/c1-19(10-21(23,24)20(19)6-7-20)11-31-17(15(22(25,26)27)16(30-31)12-3-4-12)18(33)29-13-5-8-32(34)14(9-13)36(2,28)35/h5,8-9,12,28H,3-4,6-7,10-11H2,1-2H3,(H,29,33). The summed E-state index contributed by atoms with van der Waals surface area (Å²) in [6, 6.07) is 2.06. The predicted molar refractivity (Wildman–Crippen MR) is 117 cm³/mol. The fraction of sp³-hybridized carbons (Fsp3) is 0.591. The Morgan fingerprint density at radius 1 is 1.36 bits per heavy atom. The number of hydrogen-bond acceptors (Lipinski definition) is 5. The first kappa shape index (κ1) is 24.9. The second-order valence-electron chi connectivity index (χ2n) is 10.4. The van der Waals surface area contributed by atoms with Crippen molar-refractivity contribution >= 4 is 21.3 Å². The molecule has 0 radical (unpaired) electrons. The Hall–Kier alpha value is -2.77. The molecule has 3 saturated carbocycles. The number of anilines is 1. The molecule has 0 bridgehead atoms. The van der Waals surface area contributed by atoms with Crippen LogP contribution < -0.4 is 10.0 Å². The van der Waals surface area contributed by atoms with Gasteiger partial charge in [-0.2, -0.15) is 23.0 Å². The van der Waals surface area contributed by atoms with Crippen molar-refractivity contribution in [1.29, 1.82) is 4.78 Å². The normalized spacial score (nSPS) is 25.8. The van der Waals surface area contributed by atoms with Gasteiger partial charge in [0.25, 0.3) is 16.9 Å². The third kappa shape index (κ3) is 3.75. The van der Waals surface area contributed by atoms with Crippen LogP contribution in [0.15, 0.2) is 23.4 Å². The van der Waals surface area contributed by atoms with Gasteiger partial charge >= 0.3 is 6.18 Å². The quantitative estimate of drug-likeness (QED) is 0.323. The molecule has 0 aromatic carbocycles. The van der Waals surface area contributed by atoms with Crippen LogP contribution in [0.1, 0.15) is 66.7 Å². The molecule has 1 spiro atoms. The number of amides is 1. The van der Waals surface area contributed by atoms with Crippen LogP contribution in [-0.4, -0.2) is 32.1 Å². The monoisotopic (exact) mass is 533 g/mol. The number of nitrogens with zero attached hydrogens (tertiary/aromatic N) is 3. The number of halogens is 5. The van der Waals surface area contributed by atoms with Crippen molar-refractivity contribution in [3.63, 3.8) is 0 Å². The van der Waals surface area contributed by atoms with Crippen molar-refractivity contribution in [2.75, 3.05) is 11.6 Å². The Bertz CT molecular complexity index is 1380. The van der Waals surface area contributed by atoms with Crippen LogP contribution in [0.3, 0.4) is 0 Å². The Balaban J connectivity index is 1.57. The molecule has 3 fully saturated rings. The van der Waals surface area contributed by atoms with Crippen molar-refractivity contribution < 1.29 is 35.7 Å². The summed E-state index contributed by atoms with van der Waals surface area (Å²) >= 11 is 0. The lowest BCUT2D eigenvalue weighted by Gasteiger charge is -2.54. The molecule has 2 N–H and O–H groups in total. The number of carbonyl (C=O) groups is 1. The number of nitrogens with one attached hydrogen (secondary N) is 2. The number of alkyl halides is 5. The fourth-order valence-electron chi connectivity index (χ4n) is 5.56. The molecular weight excluding hydrogens is 509 g/mol. The van der Waals surface area contributed by atoms with Crippen LogP contribution >= 0.6 is 0 Å². The summed E-state index contributed by atoms with van der Waals surface area (Å²) in [5.41, 5.74) is -4.74. The van der Waals surface area contributed by atoms with Crippen molar-refractivity contribution in [2.45, 2.75) is 68.6 Å². The van der Waals surface area contributed by atoms with Gasteiger partial charge in [0.05, 0.1) is 11.4 Å². The minimum atomic E-state index is -4.93. The molecule has 5 rings (SSSR count). The second-order valence-corrected chi connectivity index (χ2v) is 12.5. The molecule has 1 amide bonds. The highest BCUT2D eigenvalue weighted by molar-refractivity contribution is 7.91. The number of carbonyl (C=O) groups excluding carboxylic acids is 1. The molecule has 0 aliphatic heterocycles. The smallest absolute Gasteiger partial charge is 0.420 e. The van der Waals surface area contributed by atoms with Gasteiger partial charge in [0.2, 0.25) is 0 Å². The van der Waals surface area contributed by atoms with E-state index in [9.17, 15) is 36.2 Å². The van der Waals surface area contributed by atoms with Crippen LogP contribution in [0.25, 0.3) is 0 Å². The Morgan fingerprint density at radius 2 is 2.00 bits per heavy atom. The van der Waals surface area contributed by atoms with Crippen LogP contribution in [0.5, 0.6) is 0 Å². The third-order valence-corrected chi connectivity index (χ3v) is 8.80. The first-order valence-corrected chi connectivity index (χ1v) is 13.3. The molecule has 36 heavy (non-hydrogen) atoms. The average molecular weight is 534 g/mol. The number of pyridine rings is 1. The van der Waals surface area contributed by atoms with E-state index in [1.807, 2.05) is 0 Å². The van der Waals surface area contributed by atoms with Crippen LogP contribution in [-0.2, 0) is 22.5 Å². The number of aromatic nitrogens is 3. The molecular formula is C22H24F5N5O3S. The summed E-state index contributed by atoms with van der Waals surface area (Å²) in [7, 11) is -3.50. The zero-order chi connectivity index (χ0) is 26.5. The largest absolute Gasteiger partial charge is 0.618 e. The second kappa shape index (κ2) is 7.39. The Morgan fingerprint density at radius 3 is 2.50 bits per heavy atom. The van der Waals surface area contributed by atoms with E-state index < -0.39 is 67.2 Å². The van der Waals surface area contributed by atoms with Crippen molar-refractivity contribution in [3.8, 4) is 0 Å². The van der Waals surface area contributed by atoms with Crippen molar-refractivity contribution in [1.82, 2.24) is 9.78 Å². The lowest BCUT2D eigenvalue weighted by Crippen LogP contribution is -2.59. The predicted octanol–water partition coefficient (Wildman–Crippen LogP) is 4.53. The Labute approximate surface area is 203 Å². The van der Waals surface area contributed by atoms with Crippen molar-refractivity contribution in [3.05, 3.63) is 40.5 Å². The summed E-state index contributed by atoms with van der Waals surface area (Å²) in [5, 5.41) is 17.8. The van der Waals surface area contributed by atoms with E-state index in [1.165, 1.54) is 0 Å². The summed E-state index contributed by atoms with van der Waals surface area (Å²) in [6.07, 6.45) is -2.11. The third-order valence-electron chi connectivity index (χ3n) is 7.70. The van der Waals surface area contributed by atoms with Crippen LogP contribution in [0.2, 0.25) is 0 Å². The Kier molecular flexibility index (Phi) is 5.11. The first-order chi connectivity index (χ1) is 16.5. The van der Waals surface area contributed by atoms with Gasteiger partial charge in [-0.25, -0.2) is 17.8 Å². The van der Waals surface area contributed by atoms with E-state index in [0.29, 0.717) is 12.8 Å². The highest BCUT2D eigenvalue weighted by Crippen LogP contribution is 2.78. The summed E-state index contributed by atoms with van der Waals surface area (Å²) in [5.74, 6) is -4.58. The fourth-order valence-corrected chi connectivity index (χ4v) is 6.32. The van der Waals surface area contributed by atoms with E-state index in [-0.39, 0.29) is 35.5 Å². The minimum Gasteiger partial charge on any atom is -0.618 e. The molecule has 2 heterocycles.